The highest BCUT2D eigenvalue weighted by Gasteiger charge is 2.24. The molecule has 1 fully saturated rings. The highest BCUT2D eigenvalue weighted by atomic mass is 35.5. The van der Waals surface area contributed by atoms with E-state index in [4.69, 9.17) is 16.3 Å². The third-order valence-corrected chi connectivity index (χ3v) is 6.18. The molecular weight excluding hydrogens is 388 g/mol. The Kier molecular flexibility index (Phi) is 6.04. The molecule has 27 heavy (non-hydrogen) atoms. The molecule has 0 atom stereocenters. The summed E-state index contributed by atoms with van der Waals surface area (Å²) >= 11 is 5.82. The van der Waals surface area contributed by atoms with E-state index in [2.05, 4.69) is 4.72 Å². The lowest BCUT2D eigenvalue weighted by Gasteiger charge is -2.31. The van der Waals surface area contributed by atoms with Gasteiger partial charge in [-0.15, -0.1) is 0 Å². The minimum atomic E-state index is -3.81. The number of rotatable bonds is 5. The Balaban J connectivity index is 1.76. The summed E-state index contributed by atoms with van der Waals surface area (Å²) in [5.74, 6) is -0.173. The molecule has 0 aromatic heterocycles. The Labute approximate surface area is 164 Å². The normalized spacial score (nSPS) is 15.6. The van der Waals surface area contributed by atoms with Crippen LogP contribution in [0.15, 0.2) is 53.4 Å². The number of piperidine rings is 1. The molecule has 3 rings (SSSR count). The van der Waals surface area contributed by atoms with Gasteiger partial charge in [0.15, 0.2) is 0 Å². The van der Waals surface area contributed by atoms with Crippen molar-refractivity contribution in [3.8, 4) is 0 Å². The van der Waals surface area contributed by atoms with E-state index in [1.165, 1.54) is 12.1 Å². The molecule has 2 aromatic rings. The number of sulfonamides is 1. The Morgan fingerprint density at radius 3 is 2.44 bits per heavy atom. The summed E-state index contributed by atoms with van der Waals surface area (Å²) < 4.78 is 33.1. The first kappa shape index (κ1) is 19.7. The van der Waals surface area contributed by atoms with E-state index in [1.54, 1.807) is 48.4 Å². The number of likely N-dealkylation sites (tertiary alicyclic amines) is 1. The first-order valence-electron chi connectivity index (χ1n) is 8.59. The molecule has 0 radical (unpaired) electrons. The maximum absolute atomic E-state index is 12.7. The van der Waals surface area contributed by atoms with Gasteiger partial charge < -0.3 is 9.64 Å². The number of amides is 1. The number of anilines is 1. The Bertz CT molecular complexity index is 908. The molecule has 6 nitrogen and oxygen atoms in total. The number of nitrogens with zero attached hydrogens (tertiary/aromatic N) is 1. The molecule has 1 heterocycles. The Morgan fingerprint density at radius 2 is 1.81 bits per heavy atom. The summed E-state index contributed by atoms with van der Waals surface area (Å²) in [6, 6.07) is 12.4. The van der Waals surface area contributed by atoms with E-state index in [0.29, 0.717) is 29.4 Å². The number of carbonyl (C=O) groups excluding carboxylic acids is 1. The molecule has 1 saturated heterocycles. The first-order valence-corrected chi connectivity index (χ1v) is 10.5. The number of hydrogen-bond acceptors (Lipinski definition) is 4. The maximum atomic E-state index is 12.7. The van der Waals surface area contributed by atoms with Crippen LogP contribution in [-0.2, 0) is 14.8 Å². The van der Waals surface area contributed by atoms with Crippen molar-refractivity contribution in [2.45, 2.75) is 23.8 Å². The molecule has 8 heteroatoms. The Hall–Kier alpha value is -2.09. The number of hydrogen-bond donors (Lipinski definition) is 1. The largest absolute Gasteiger partial charge is 0.381 e. The van der Waals surface area contributed by atoms with Crippen molar-refractivity contribution in [3.05, 3.63) is 59.1 Å². The van der Waals surface area contributed by atoms with Crippen molar-refractivity contribution >= 4 is 33.2 Å². The van der Waals surface area contributed by atoms with Crippen molar-refractivity contribution in [3.63, 3.8) is 0 Å². The molecule has 0 saturated carbocycles. The minimum absolute atomic E-state index is 0.0371. The van der Waals surface area contributed by atoms with Crippen molar-refractivity contribution in [1.29, 1.82) is 0 Å². The predicted molar refractivity (Wildman–Crippen MR) is 105 cm³/mol. The lowest BCUT2D eigenvalue weighted by Crippen LogP contribution is -2.40. The second-order valence-corrected chi connectivity index (χ2v) is 8.49. The fraction of sp³-hybridized carbons (Fsp3) is 0.316. The molecule has 1 aliphatic rings. The van der Waals surface area contributed by atoms with Crippen LogP contribution in [0.1, 0.15) is 23.2 Å². The van der Waals surface area contributed by atoms with Gasteiger partial charge in [0.2, 0.25) is 0 Å². The van der Waals surface area contributed by atoms with E-state index < -0.39 is 10.0 Å². The smallest absolute Gasteiger partial charge is 0.261 e. The molecule has 2 aromatic carbocycles. The zero-order valence-electron chi connectivity index (χ0n) is 14.9. The van der Waals surface area contributed by atoms with Gasteiger partial charge in [0.05, 0.1) is 11.0 Å². The number of benzene rings is 2. The molecular formula is C19H21ClN2O4S. The SMILES string of the molecule is COC1CCN(C(=O)c2cccc(S(=O)(=O)Nc3ccc(Cl)cc3)c2)CC1. The van der Waals surface area contributed by atoms with Gasteiger partial charge in [-0.25, -0.2) is 8.42 Å². The van der Waals surface area contributed by atoms with E-state index in [-0.39, 0.29) is 16.9 Å². The van der Waals surface area contributed by atoms with Crippen LogP contribution in [0, 0.1) is 0 Å². The number of halogens is 1. The standard InChI is InChI=1S/C19H21ClN2O4S/c1-26-17-9-11-22(12-10-17)19(23)14-3-2-4-18(13-14)27(24,25)21-16-7-5-15(20)6-8-16/h2-8,13,17,21H,9-12H2,1H3. The van der Waals surface area contributed by atoms with Gasteiger partial charge in [-0.3, -0.25) is 9.52 Å². The van der Waals surface area contributed by atoms with Crippen LogP contribution in [0.4, 0.5) is 5.69 Å². The summed E-state index contributed by atoms with van der Waals surface area (Å²) in [6.45, 7) is 1.19. The molecule has 0 spiro atoms. The number of nitrogens with one attached hydrogen (secondary N) is 1. The van der Waals surface area contributed by atoms with Gasteiger partial charge in [-0.05, 0) is 55.3 Å². The van der Waals surface area contributed by atoms with Gasteiger partial charge in [0.1, 0.15) is 0 Å². The van der Waals surface area contributed by atoms with Crippen LogP contribution >= 0.6 is 11.6 Å². The highest BCUT2D eigenvalue weighted by molar-refractivity contribution is 7.92. The summed E-state index contributed by atoms with van der Waals surface area (Å²) in [5.41, 5.74) is 0.752. The highest BCUT2D eigenvalue weighted by Crippen LogP contribution is 2.21. The quantitative estimate of drug-likeness (QED) is 0.822. The van der Waals surface area contributed by atoms with Gasteiger partial charge in [-0.1, -0.05) is 17.7 Å². The summed E-state index contributed by atoms with van der Waals surface area (Å²) in [4.78, 5) is 14.5. The number of carbonyl (C=O) groups is 1. The number of methoxy groups -OCH3 is 1. The van der Waals surface area contributed by atoms with Crippen molar-refractivity contribution in [2.75, 3.05) is 24.9 Å². The van der Waals surface area contributed by atoms with Crippen LogP contribution in [0.5, 0.6) is 0 Å². The zero-order valence-corrected chi connectivity index (χ0v) is 16.5. The van der Waals surface area contributed by atoms with Crippen LogP contribution in [-0.4, -0.2) is 45.5 Å². The lowest BCUT2D eigenvalue weighted by molar-refractivity contribution is 0.0350. The summed E-state index contributed by atoms with van der Waals surface area (Å²) in [7, 11) is -2.14. The van der Waals surface area contributed by atoms with Crippen LogP contribution in [0.2, 0.25) is 5.02 Å². The Morgan fingerprint density at radius 1 is 1.15 bits per heavy atom. The van der Waals surface area contributed by atoms with Crippen molar-refractivity contribution in [1.82, 2.24) is 4.90 Å². The fourth-order valence-electron chi connectivity index (χ4n) is 3.01. The van der Waals surface area contributed by atoms with E-state index in [9.17, 15) is 13.2 Å². The maximum Gasteiger partial charge on any atom is 0.261 e. The minimum Gasteiger partial charge on any atom is -0.381 e. The molecule has 1 aliphatic heterocycles. The van der Waals surface area contributed by atoms with Crippen molar-refractivity contribution < 1.29 is 17.9 Å². The summed E-state index contributed by atoms with van der Waals surface area (Å²) in [5, 5.41) is 0.516. The van der Waals surface area contributed by atoms with E-state index >= 15 is 0 Å². The second-order valence-electron chi connectivity index (χ2n) is 6.37. The van der Waals surface area contributed by atoms with Crippen LogP contribution in [0.25, 0.3) is 0 Å². The molecule has 1 N–H and O–H groups in total. The lowest BCUT2D eigenvalue weighted by atomic mass is 10.1. The molecule has 1 amide bonds. The van der Waals surface area contributed by atoms with E-state index in [0.717, 1.165) is 12.8 Å². The average molecular weight is 409 g/mol. The summed E-state index contributed by atoms with van der Waals surface area (Å²) in [6.07, 6.45) is 1.72. The van der Waals surface area contributed by atoms with Crippen molar-refractivity contribution in [2.24, 2.45) is 0 Å². The van der Waals surface area contributed by atoms with Crippen LogP contribution < -0.4 is 4.72 Å². The topological polar surface area (TPSA) is 75.7 Å². The fourth-order valence-corrected chi connectivity index (χ4v) is 4.24. The van der Waals surface area contributed by atoms with Gasteiger partial charge in [-0.2, -0.15) is 0 Å². The second kappa shape index (κ2) is 8.29. The number of ether oxygens (including phenoxy) is 1. The first-order chi connectivity index (χ1) is 12.9. The van der Waals surface area contributed by atoms with Crippen LogP contribution in [0.3, 0.4) is 0 Å². The third kappa shape index (κ3) is 4.80. The molecule has 0 bridgehead atoms. The molecule has 144 valence electrons. The predicted octanol–water partition coefficient (Wildman–Crippen LogP) is 3.39. The van der Waals surface area contributed by atoms with E-state index in [1.807, 2.05) is 0 Å². The monoisotopic (exact) mass is 408 g/mol. The van der Waals surface area contributed by atoms with Gasteiger partial charge in [0.25, 0.3) is 15.9 Å². The molecule has 0 aliphatic carbocycles. The average Bonchev–Trinajstić information content (AvgIpc) is 2.69. The van der Waals surface area contributed by atoms with Gasteiger partial charge in [0, 0.05) is 36.5 Å². The third-order valence-electron chi connectivity index (χ3n) is 4.55. The molecule has 0 unspecified atom stereocenters. The van der Waals surface area contributed by atoms with Gasteiger partial charge >= 0.3 is 0 Å². The zero-order chi connectivity index (χ0) is 19.4.